The van der Waals surface area contributed by atoms with Crippen molar-refractivity contribution in [3.8, 4) is 0 Å². The minimum Gasteiger partial charge on any atom is -0.390 e. The molecule has 0 unspecified atom stereocenters. The molecule has 1 saturated carbocycles. The summed E-state index contributed by atoms with van der Waals surface area (Å²) >= 11 is 0. The van der Waals surface area contributed by atoms with E-state index in [1.807, 2.05) is 7.05 Å². The van der Waals surface area contributed by atoms with E-state index in [0.717, 1.165) is 18.9 Å². The molecule has 2 nitrogen and oxygen atoms in total. The lowest BCUT2D eigenvalue weighted by Crippen LogP contribution is -2.41. The molecule has 100 valence electrons. The van der Waals surface area contributed by atoms with Gasteiger partial charge in [-0.2, -0.15) is 0 Å². The van der Waals surface area contributed by atoms with E-state index in [0.29, 0.717) is 30.9 Å². The SMILES string of the molecule is CNC1CCC(O)(Cc2ccc(F)c(F)c2)CC1. The standard InChI is InChI=1S/C14H19F2NO/c1-17-11-4-6-14(18,7-5-11)9-10-2-3-12(15)13(16)8-10/h2-3,8,11,17-18H,4-7,9H2,1H3. The van der Waals surface area contributed by atoms with Crippen molar-refractivity contribution in [1.82, 2.24) is 5.32 Å². The van der Waals surface area contributed by atoms with Gasteiger partial charge >= 0.3 is 0 Å². The van der Waals surface area contributed by atoms with Crippen molar-refractivity contribution in [2.24, 2.45) is 0 Å². The molecule has 0 aromatic heterocycles. The molecule has 0 radical (unpaired) electrons. The van der Waals surface area contributed by atoms with E-state index in [4.69, 9.17) is 0 Å². The summed E-state index contributed by atoms with van der Waals surface area (Å²) in [6, 6.07) is 4.29. The largest absolute Gasteiger partial charge is 0.390 e. The van der Waals surface area contributed by atoms with Crippen LogP contribution in [0.2, 0.25) is 0 Å². The third-order valence-corrected chi connectivity index (χ3v) is 3.84. The Hall–Kier alpha value is -1.00. The first-order valence-corrected chi connectivity index (χ1v) is 6.36. The van der Waals surface area contributed by atoms with Crippen molar-refractivity contribution in [3.63, 3.8) is 0 Å². The fraction of sp³-hybridized carbons (Fsp3) is 0.571. The maximum atomic E-state index is 13.1. The Kier molecular flexibility index (Phi) is 3.97. The molecular formula is C14H19F2NO. The summed E-state index contributed by atoms with van der Waals surface area (Å²) in [5, 5.41) is 13.7. The van der Waals surface area contributed by atoms with Crippen LogP contribution in [-0.2, 0) is 6.42 Å². The van der Waals surface area contributed by atoms with Crippen LogP contribution in [0.1, 0.15) is 31.2 Å². The highest BCUT2D eigenvalue weighted by Gasteiger charge is 2.32. The van der Waals surface area contributed by atoms with Gasteiger partial charge in [-0.15, -0.1) is 0 Å². The summed E-state index contributed by atoms with van der Waals surface area (Å²) in [5.74, 6) is -1.69. The predicted octanol–water partition coefficient (Wildman–Crippen LogP) is 2.40. The highest BCUT2D eigenvalue weighted by molar-refractivity contribution is 5.20. The van der Waals surface area contributed by atoms with Crippen LogP contribution in [0.3, 0.4) is 0 Å². The van der Waals surface area contributed by atoms with Crippen molar-refractivity contribution >= 4 is 0 Å². The zero-order valence-corrected chi connectivity index (χ0v) is 10.5. The molecule has 1 fully saturated rings. The lowest BCUT2D eigenvalue weighted by atomic mass is 9.78. The maximum absolute atomic E-state index is 13.1. The average Bonchev–Trinajstić information content (AvgIpc) is 2.35. The topological polar surface area (TPSA) is 32.3 Å². The van der Waals surface area contributed by atoms with Gasteiger partial charge in [0.1, 0.15) is 0 Å². The molecule has 2 N–H and O–H groups in total. The van der Waals surface area contributed by atoms with Crippen molar-refractivity contribution in [2.45, 2.75) is 43.7 Å². The van der Waals surface area contributed by atoms with Crippen LogP contribution in [0, 0.1) is 11.6 Å². The fourth-order valence-electron chi connectivity index (χ4n) is 2.65. The minimum atomic E-state index is -0.847. The summed E-state index contributed by atoms with van der Waals surface area (Å²) in [6.45, 7) is 0. The van der Waals surface area contributed by atoms with E-state index >= 15 is 0 Å². The summed E-state index contributed by atoms with van der Waals surface area (Å²) in [5.41, 5.74) is -0.128. The highest BCUT2D eigenvalue weighted by atomic mass is 19.2. The van der Waals surface area contributed by atoms with Crippen LogP contribution >= 0.6 is 0 Å². The monoisotopic (exact) mass is 255 g/mol. The van der Waals surface area contributed by atoms with Crippen LogP contribution in [0.4, 0.5) is 8.78 Å². The van der Waals surface area contributed by atoms with E-state index < -0.39 is 17.2 Å². The molecule has 0 spiro atoms. The number of aliphatic hydroxyl groups is 1. The van der Waals surface area contributed by atoms with Gasteiger partial charge in [0.15, 0.2) is 11.6 Å². The predicted molar refractivity (Wildman–Crippen MR) is 66.3 cm³/mol. The van der Waals surface area contributed by atoms with Crippen LogP contribution in [0.15, 0.2) is 18.2 Å². The Morgan fingerprint density at radius 2 is 1.94 bits per heavy atom. The first kappa shape index (κ1) is 13.4. The molecule has 0 heterocycles. The zero-order valence-electron chi connectivity index (χ0n) is 10.5. The van der Waals surface area contributed by atoms with Crippen molar-refractivity contribution in [3.05, 3.63) is 35.4 Å². The van der Waals surface area contributed by atoms with Crippen LogP contribution in [0.5, 0.6) is 0 Å². The molecule has 4 heteroatoms. The van der Waals surface area contributed by atoms with Gasteiger partial charge < -0.3 is 10.4 Å². The summed E-state index contributed by atoms with van der Waals surface area (Å²) in [7, 11) is 1.92. The van der Waals surface area contributed by atoms with Gasteiger partial charge in [-0.25, -0.2) is 8.78 Å². The molecule has 1 aliphatic rings. The van der Waals surface area contributed by atoms with Crippen molar-refractivity contribution in [1.29, 1.82) is 0 Å². The first-order chi connectivity index (χ1) is 8.52. The number of benzene rings is 1. The third-order valence-electron chi connectivity index (χ3n) is 3.84. The third kappa shape index (κ3) is 3.06. The number of rotatable bonds is 3. The van der Waals surface area contributed by atoms with Gasteiger partial charge in [0.05, 0.1) is 5.60 Å². The van der Waals surface area contributed by atoms with Crippen LogP contribution in [0.25, 0.3) is 0 Å². The second kappa shape index (κ2) is 5.33. The number of hydrogen-bond donors (Lipinski definition) is 2. The lowest BCUT2D eigenvalue weighted by molar-refractivity contribution is -0.00248. The van der Waals surface area contributed by atoms with Gasteiger partial charge in [0.2, 0.25) is 0 Å². The Bertz CT molecular complexity index is 414. The quantitative estimate of drug-likeness (QED) is 0.869. The molecule has 1 aliphatic carbocycles. The second-order valence-corrected chi connectivity index (χ2v) is 5.21. The molecule has 1 aromatic carbocycles. The molecule has 0 saturated heterocycles. The summed E-state index contributed by atoms with van der Waals surface area (Å²) in [4.78, 5) is 0. The normalized spacial score (nSPS) is 28.3. The number of halogens is 2. The van der Waals surface area contributed by atoms with Crippen LogP contribution in [-0.4, -0.2) is 23.8 Å². The highest BCUT2D eigenvalue weighted by Crippen LogP contribution is 2.31. The fourth-order valence-corrected chi connectivity index (χ4v) is 2.65. The first-order valence-electron chi connectivity index (χ1n) is 6.36. The number of nitrogens with one attached hydrogen (secondary N) is 1. The van der Waals surface area contributed by atoms with Crippen molar-refractivity contribution in [2.75, 3.05) is 7.05 Å². The van der Waals surface area contributed by atoms with Gasteiger partial charge in [0, 0.05) is 12.5 Å². The molecule has 0 atom stereocenters. The molecular weight excluding hydrogens is 236 g/mol. The van der Waals surface area contributed by atoms with Crippen molar-refractivity contribution < 1.29 is 13.9 Å². The Morgan fingerprint density at radius 3 is 2.50 bits per heavy atom. The van der Waals surface area contributed by atoms with E-state index in [9.17, 15) is 13.9 Å². The van der Waals surface area contributed by atoms with E-state index in [2.05, 4.69) is 5.32 Å². The molecule has 2 rings (SSSR count). The maximum Gasteiger partial charge on any atom is 0.159 e. The molecule has 0 aliphatic heterocycles. The van der Waals surface area contributed by atoms with E-state index in [1.165, 1.54) is 6.07 Å². The summed E-state index contributed by atoms with van der Waals surface area (Å²) < 4.78 is 25.9. The van der Waals surface area contributed by atoms with Gasteiger partial charge in [-0.05, 0) is 50.4 Å². The number of hydrogen-bond acceptors (Lipinski definition) is 2. The Morgan fingerprint density at radius 1 is 1.28 bits per heavy atom. The molecule has 0 bridgehead atoms. The average molecular weight is 255 g/mol. The molecule has 18 heavy (non-hydrogen) atoms. The smallest absolute Gasteiger partial charge is 0.159 e. The minimum absolute atomic E-state index is 0.390. The van der Waals surface area contributed by atoms with E-state index in [-0.39, 0.29) is 0 Å². The zero-order chi connectivity index (χ0) is 13.2. The summed E-state index contributed by atoms with van der Waals surface area (Å²) in [6.07, 6.45) is 3.60. The second-order valence-electron chi connectivity index (χ2n) is 5.21. The molecule has 1 aromatic rings. The van der Waals surface area contributed by atoms with Gasteiger partial charge in [0.25, 0.3) is 0 Å². The van der Waals surface area contributed by atoms with Crippen LogP contribution < -0.4 is 5.32 Å². The van der Waals surface area contributed by atoms with E-state index in [1.54, 1.807) is 6.07 Å². The molecule has 0 amide bonds. The lowest BCUT2D eigenvalue weighted by Gasteiger charge is -2.36. The van der Waals surface area contributed by atoms with Gasteiger partial charge in [-0.1, -0.05) is 6.07 Å². The Balaban J connectivity index is 2.02. The Labute approximate surface area is 106 Å². The van der Waals surface area contributed by atoms with Gasteiger partial charge in [-0.3, -0.25) is 0 Å².